The van der Waals surface area contributed by atoms with Gasteiger partial charge >= 0.3 is 0 Å². The third-order valence-electron chi connectivity index (χ3n) is 2.56. The maximum absolute atomic E-state index is 6.29. The van der Waals surface area contributed by atoms with Crippen molar-refractivity contribution in [3.05, 3.63) is 51.6 Å². The van der Waals surface area contributed by atoms with Gasteiger partial charge in [-0.2, -0.15) is 0 Å². The molecule has 0 amide bonds. The number of hydrogen-bond donors (Lipinski definition) is 1. The highest BCUT2D eigenvalue weighted by molar-refractivity contribution is 9.10. The molecule has 1 aromatic carbocycles. The van der Waals surface area contributed by atoms with Crippen molar-refractivity contribution >= 4 is 39.3 Å². The topological polar surface area (TPSA) is 24.9 Å². The van der Waals surface area contributed by atoms with E-state index in [0.29, 0.717) is 0 Å². The average molecular weight is 358 g/mol. The van der Waals surface area contributed by atoms with Crippen LogP contribution in [0.3, 0.4) is 0 Å². The Kier molecular flexibility index (Phi) is 5.70. The molecule has 100 valence electrons. The number of hydrogen-bond acceptors (Lipinski definition) is 3. The Morgan fingerprint density at radius 1 is 1.32 bits per heavy atom. The molecule has 0 fully saturated rings. The third-order valence-corrected chi connectivity index (χ3v) is 4.94. The van der Waals surface area contributed by atoms with Crippen LogP contribution in [-0.2, 0) is 6.54 Å². The number of rotatable bonds is 5. The number of halogens is 2. The number of aromatic nitrogens is 1. The molecule has 0 spiro atoms. The molecule has 0 radical (unpaired) electrons. The van der Waals surface area contributed by atoms with Gasteiger partial charge in [0.05, 0.1) is 4.47 Å². The normalized spacial score (nSPS) is 10.7. The first-order valence-corrected chi connectivity index (χ1v) is 7.97. The Morgan fingerprint density at radius 2 is 2.16 bits per heavy atom. The lowest BCUT2D eigenvalue weighted by Crippen LogP contribution is -2.12. The summed E-state index contributed by atoms with van der Waals surface area (Å²) in [6, 6.07) is 9.86. The fourth-order valence-corrected chi connectivity index (χ4v) is 3.34. The average Bonchev–Trinajstić information content (AvgIpc) is 2.41. The van der Waals surface area contributed by atoms with E-state index in [-0.39, 0.29) is 0 Å². The fraction of sp³-hybridized carbons (Fsp3) is 0.214. The van der Waals surface area contributed by atoms with E-state index in [1.54, 1.807) is 18.0 Å². The predicted octanol–water partition coefficient (Wildman–Crippen LogP) is 4.76. The third kappa shape index (κ3) is 3.96. The van der Waals surface area contributed by atoms with E-state index >= 15 is 0 Å². The van der Waals surface area contributed by atoms with Crippen LogP contribution in [0, 0.1) is 0 Å². The molecule has 0 bridgehead atoms. The molecular weight excluding hydrogens is 344 g/mol. The molecule has 1 heterocycles. The van der Waals surface area contributed by atoms with Crippen LogP contribution in [0.25, 0.3) is 0 Å². The summed E-state index contributed by atoms with van der Waals surface area (Å²) in [5, 5.41) is 5.05. The number of nitrogens with zero attached hydrogens (tertiary/aromatic N) is 1. The van der Waals surface area contributed by atoms with E-state index in [2.05, 4.69) is 39.2 Å². The summed E-state index contributed by atoms with van der Waals surface area (Å²) in [6.45, 7) is 3.77. The molecule has 0 atom stereocenters. The summed E-state index contributed by atoms with van der Waals surface area (Å²) in [4.78, 5) is 5.51. The van der Waals surface area contributed by atoms with Gasteiger partial charge in [0.2, 0.25) is 0 Å². The lowest BCUT2D eigenvalue weighted by Gasteiger charge is -2.11. The Hall–Kier alpha value is -0.550. The van der Waals surface area contributed by atoms with Crippen LogP contribution in [0.15, 0.2) is 50.9 Å². The molecule has 1 N–H and O–H groups in total. The van der Waals surface area contributed by atoms with Crippen LogP contribution >= 0.6 is 39.3 Å². The standard InChI is InChI=1S/C14H14BrClN2S/c1-2-17-9-10-12(16)6-3-7-13(10)19-14-11(15)5-4-8-18-14/h3-8,17H,2,9H2,1H3. The second-order valence-electron chi connectivity index (χ2n) is 3.89. The summed E-state index contributed by atoms with van der Waals surface area (Å²) < 4.78 is 0.995. The molecule has 0 saturated carbocycles. The minimum atomic E-state index is 0.767. The van der Waals surface area contributed by atoms with E-state index in [9.17, 15) is 0 Å². The van der Waals surface area contributed by atoms with Crippen molar-refractivity contribution in [2.24, 2.45) is 0 Å². The molecule has 0 aliphatic heterocycles. The number of benzene rings is 1. The lowest BCUT2D eigenvalue weighted by atomic mass is 10.2. The Morgan fingerprint density at radius 3 is 2.89 bits per heavy atom. The molecule has 0 unspecified atom stereocenters. The van der Waals surface area contributed by atoms with Gasteiger partial charge < -0.3 is 5.32 Å². The highest BCUT2D eigenvalue weighted by Gasteiger charge is 2.10. The Balaban J connectivity index is 2.29. The van der Waals surface area contributed by atoms with Gasteiger partial charge in [-0.05, 0) is 52.3 Å². The summed E-state index contributed by atoms with van der Waals surface area (Å²) in [5.41, 5.74) is 1.12. The maximum atomic E-state index is 6.29. The first-order valence-electron chi connectivity index (χ1n) is 5.99. The van der Waals surface area contributed by atoms with Crippen LogP contribution in [0.1, 0.15) is 12.5 Å². The van der Waals surface area contributed by atoms with Crippen molar-refractivity contribution in [2.75, 3.05) is 6.54 Å². The second kappa shape index (κ2) is 7.29. The van der Waals surface area contributed by atoms with Crippen LogP contribution in [0.2, 0.25) is 5.02 Å². The first-order chi connectivity index (χ1) is 9.22. The summed E-state index contributed by atoms with van der Waals surface area (Å²) in [6.07, 6.45) is 1.79. The minimum Gasteiger partial charge on any atom is -0.313 e. The zero-order valence-electron chi connectivity index (χ0n) is 10.5. The quantitative estimate of drug-likeness (QED) is 0.835. The van der Waals surface area contributed by atoms with Gasteiger partial charge in [0, 0.05) is 22.7 Å². The van der Waals surface area contributed by atoms with E-state index in [1.165, 1.54) is 0 Å². The zero-order chi connectivity index (χ0) is 13.7. The smallest absolute Gasteiger partial charge is 0.115 e. The second-order valence-corrected chi connectivity index (χ2v) is 6.18. The van der Waals surface area contributed by atoms with Gasteiger partial charge in [0.1, 0.15) is 5.03 Å². The first kappa shape index (κ1) is 14.9. The van der Waals surface area contributed by atoms with E-state index in [4.69, 9.17) is 11.6 Å². The lowest BCUT2D eigenvalue weighted by molar-refractivity contribution is 0.718. The Labute approximate surface area is 131 Å². The van der Waals surface area contributed by atoms with Crippen molar-refractivity contribution < 1.29 is 0 Å². The molecular formula is C14H14BrClN2S. The summed E-state index contributed by atoms with van der Waals surface area (Å²) >= 11 is 11.4. The van der Waals surface area contributed by atoms with Crippen LogP contribution in [-0.4, -0.2) is 11.5 Å². The molecule has 19 heavy (non-hydrogen) atoms. The van der Waals surface area contributed by atoms with Gasteiger partial charge in [0.15, 0.2) is 0 Å². The van der Waals surface area contributed by atoms with Crippen molar-refractivity contribution in [1.29, 1.82) is 0 Å². The molecule has 0 saturated heterocycles. The SMILES string of the molecule is CCNCc1c(Cl)cccc1Sc1ncccc1Br. The van der Waals surface area contributed by atoms with Crippen molar-refractivity contribution in [2.45, 2.75) is 23.4 Å². The summed E-state index contributed by atoms with van der Waals surface area (Å²) in [7, 11) is 0. The minimum absolute atomic E-state index is 0.767. The fourth-order valence-electron chi connectivity index (χ4n) is 1.61. The van der Waals surface area contributed by atoms with Crippen LogP contribution in [0.5, 0.6) is 0 Å². The maximum Gasteiger partial charge on any atom is 0.115 e. The molecule has 1 aromatic heterocycles. The molecule has 5 heteroatoms. The predicted molar refractivity (Wildman–Crippen MR) is 84.9 cm³/mol. The monoisotopic (exact) mass is 356 g/mol. The largest absolute Gasteiger partial charge is 0.313 e. The highest BCUT2D eigenvalue weighted by Crippen LogP contribution is 2.35. The Bertz CT molecular complexity index is 563. The van der Waals surface area contributed by atoms with E-state index < -0.39 is 0 Å². The van der Waals surface area contributed by atoms with Crippen molar-refractivity contribution in [3.8, 4) is 0 Å². The number of pyridine rings is 1. The van der Waals surface area contributed by atoms with Crippen molar-refractivity contribution in [3.63, 3.8) is 0 Å². The summed E-state index contributed by atoms with van der Waals surface area (Å²) in [5.74, 6) is 0. The molecule has 2 nitrogen and oxygen atoms in total. The molecule has 0 aliphatic carbocycles. The zero-order valence-corrected chi connectivity index (χ0v) is 13.6. The van der Waals surface area contributed by atoms with Gasteiger partial charge in [-0.25, -0.2) is 4.98 Å². The van der Waals surface area contributed by atoms with Gasteiger partial charge in [-0.15, -0.1) is 0 Å². The van der Waals surface area contributed by atoms with Crippen molar-refractivity contribution in [1.82, 2.24) is 10.3 Å². The van der Waals surface area contributed by atoms with Crippen LogP contribution in [0.4, 0.5) is 0 Å². The van der Waals surface area contributed by atoms with E-state index in [0.717, 1.165) is 38.1 Å². The van der Waals surface area contributed by atoms with E-state index in [1.807, 2.05) is 24.3 Å². The molecule has 2 aromatic rings. The molecule has 0 aliphatic rings. The highest BCUT2D eigenvalue weighted by atomic mass is 79.9. The molecule has 2 rings (SSSR count). The van der Waals surface area contributed by atoms with Gasteiger partial charge in [-0.1, -0.05) is 36.4 Å². The van der Waals surface area contributed by atoms with Gasteiger partial charge in [-0.3, -0.25) is 0 Å². The van der Waals surface area contributed by atoms with Gasteiger partial charge in [0.25, 0.3) is 0 Å². The number of nitrogens with one attached hydrogen (secondary N) is 1. The van der Waals surface area contributed by atoms with Crippen LogP contribution < -0.4 is 5.32 Å².